The fourth-order valence-corrected chi connectivity index (χ4v) is 2.94. The maximum Gasteiger partial charge on any atom is 0.356 e. The van der Waals surface area contributed by atoms with E-state index in [9.17, 15) is 24.8 Å². The van der Waals surface area contributed by atoms with Gasteiger partial charge in [-0.1, -0.05) is 0 Å². The molecule has 0 aliphatic rings. The van der Waals surface area contributed by atoms with Gasteiger partial charge in [-0.2, -0.15) is 0 Å². The smallest absolute Gasteiger partial charge is 0.356 e. The highest BCUT2D eigenvalue weighted by Crippen LogP contribution is 2.28. The molecule has 3 aromatic heterocycles. The number of aromatic carboxylic acids is 1. The summed E-state index contributed by atoms with van der Waals surface area (Å²) in [5, 5.41) is 20.7. The molecular weight excluding hydrogens is 344 g/mol. The second kappa shape index (κ2) is 5.24. The summed E-state index contributed by atoms with van der Waals surface area (Å²) in [4.78, 5) is 44.8. The van der Waals surface area contributed by atoms with Crippen molar-refractivity contribution in [1.82, 2.24) is 23.9 Å². The molecule has 130 valence electrons. The van der Waals surface area contributed by atoms with E-state index in [1.807, 2.05) is 0 Å². The molecule has 11 nitrogen and oxygen atoms in total. The van der Waals surface area contributed by atoms with Crippen LogP contribution in [0.2, 0.25) is 0 Å². The highest BCUT2D eigenvalue weighted by Gasteiger charge is 2.22. The van der Waals surface area contributed by atoms with E-state index in [0.29, 0.717) is 5.52 Å². The number of fused-ring (bicyclic) bond motifs is 3. The van der Waals surface area contributed by atoms with Crippen molar-refractivity contribution < 1.29 is 14.8 Å². The van der Waals surface area contributed by atoms with Crippen molar-refractivity contribution in [3.8, 4) is 5.69 Å². The molecule has 0 amide bonds. The Kier molecular flexibility index (Phi) is 3.12. The lowest BCUT2D eigenvalue weighted by molar-refractivity contribution is -0.384. The van der Waals surface area contributed by atoms with Crippen molar-refractivity contribution >= 4 is 28.3 Å². The first-order chi connectivity index (χ1) is 12.4. The Bertz CT molecular complexity index is 1270. The number of carboxylic acid groups (broad SMARTS) is 1. The van der Waals surface area contributed by atoms with Crippen molar-refractivity contribution in [3.63, 3.8) is 0 Å². The van der Waals surface area contributed by atoms with E-state index in [2.05, 4.69) is 15.0 Å². The van der Waals surface area contributed by atoms with Gasteiger partial charge in [0.15, 0.2) is 5.69 Å². The second-order valence-electron chi connectivity index (χ2n) is 5.55. The normalized spacial score (nSPS) is 11.3. The summed E-state index contributed by atoms with van der Waals surface area (Å²) in [6, 6.07) is 2.71. The molecule has 0 saturated carbocycles. The Hall–Kier alpha value is -4.02. The van der Waals surface area contributed by atoms with Gasteiger partial charge >= 0.3 is 5.97 Å². The summed E-state index contributed by atoms with van der Waals surface area (Å²) in [6.07, 6.45) is 4.42. The highest BCUT2D eigenvalue weighted by molar-refractivity contribution is 5.90. The summed E-state index contributed by atoms with van der Waals surface area (Å²) < 4.78 is 2.83. The van der Waals surface area contributed by atoms with Crippen molar-refractivity contribution in [1.29, 1.82) is 0 Å². The standard InChI is InChI=1S/C15H10N6O5/c1-7-12(15(23)24)18-13-14(22)17-8-4-11(21(25)26)10(5-9(8)20(7)13)19-3-2-16-6-19/h2-6H,1H3,(H,17,22)(H,23,24). The third-order valence-electron chi connectivity index (χ3n) is 4.07. The Morgan fingerprint density at radius 1 is 1.38 bits per heavy atom. The van der Waals surface area contributed by atoms with E-state index in [1.54, 1.807) is 6.20 Å². The number of nitro groups is 1. The van der Waals surface area contributed by atoms with Crippen LogP contribution in [-0.4, -0.2) is 39.9 Å². The second-order valence-corrected chi connectivity index (χ2v) is 5.55. The van der Waals surface area contributed by atoms with E-state index in [4.69, 9.17) is 0 Å². The van der Waals surface area contributed by atoms with Gasteiger partial charge < -0.3 is 14.7 Å². The van der Waals surface area contributed by atoms with Crippen molar-refractivity contribution in [2.75, 3.05) is 0 Å². The third kappa shape index (κ3) is 2.07. The zero-order chi connectivity index (χ0) is 18.6. The number of nitro benzene ring substituents is 1. The topological polar surface area (TPSA) is 148 Å². The summed E-state index contributed by atoms with van der Waals surface area (Å²) in [6.45, 7) is 1.51. The van der Waals surface area contributed by atoms with Crippen LogP contribution in [0.1, 0.15) is 16.2 Å². The molecule has 0 atom stereocenters. The van der Waals surface area contributed by atoms with Crippen molar-refractivity contribution in [2.24, 2.45) is 0 Å². The molecule has 4 rings (SSSR count). The van der Waals surface area contributed by atoms with Gasteiger partial charge in [0, 0.05) is 18.5 Å². The number of hydrogen-bond donors (Lipinski definition) is 2. The Labute approximate surface area is 143 Å². The van der Waals surface area contributed by atoms with E-state index < -0.39 is 16.5 Å². The lowest BCUT2D eigenvalue weighted by Gasteiger charge is -2.08. The third-order valence-corrected chi connectivity index (χ3v) is 4.07. The SMILES string of the molecule is Cc1c(C(=O)O)nc2c(=O)[nH]c3cc([N+](=O)[O-])c(-n4ccnc4)cc3n12. The van der Waals surface area contributed by atoms with Crippen LogP contribution in [0.4, 0.5) is 5.69 Å². The van der Waals surface area contributed by atoms with Gasteiger partial charge in [0.2, 0.25) is 5.65 Å². The van der Waals surface area contributed by atoms with Crippen LogP contribution in [0.25, 0.3) is 22.4 Å². The van der Waals surface area contributed by atoms with Crippen LogP contribution in [0, 0.1) is 17.0 Å². The maximum atomic E-state index is 12.3. The minimum Gasteiger partial charge on any atom is -0.476 e. The van der Waals surface area contributed by atoms with Crippen LogP contribution in [-0.2, 0) is 0 Å². The maximum absolute atomic E-state index is 12.3. The molecule has 26 heavy (non-hydrogen) atoms. The monoisotopic (exact) mass is 354 g/mol. The van der Waals surface area contributed by atoms with Gasteiger partial charge in [-0.25, -0.2) is 14.8 Å². The quantitative estimate of drug-likeness (QED) is 0.416. The van der Waals surface area contributed by atoms with Crippen molar-refractivity contribution in [2.45, 2.75) is 6.92 Å². The van der Waals surface area contributed by atoms with Gasteiger partial charge in [-0.15, -0.1) is 0 Å². The number of hydrogen-bond acceptors (Lipinski definition) is 6. The zero-order valence-electron chi connectivity index (χ0n) is 13.2. The molecule has 0 radical (unpaired) electrons. The predicted octanol–water partition coefficient (Wildman–Crippen LogP) is 1.28. The zero-order valence-corrected chi connectivity index (χ0v) is 13.2. The predicted molar refractivity (Wildman–Crippen MR) is 88.8 cm³/mol. The molecule has 4 aromatic rings. The van der Waals surface area contributed by atoms with Crippen molar-refractivity contribution in [3.05, 3.63) is 62.7 Å². The molecule has 0 fully saturated rings. The number of imidazole rings is 2. The minimum absolute atomic E-state index is 0.0992. The molecule has 0 unspecified atom stereocenters. The first-order valence-electron chi connectivity index (χ1n) is 7.33. The Morgan fingerprint density at radius 2 is 2.15 bits per heavy atom. The molecule has 3 heterocycles. The molecule has 1 aromatic carbocycles. The number of aromatic nitrogens is 5. The van der Waals surface area contributed by atoms with Gasteiger partial charge in [-0.3, -0.25) is 19.3 Å². The number of carboxylic acids is 1. The van der Waals surface area contributed by atoms with E-state index in [-0.39, 0.29) is 33.9 Å². The van der Waals surface area contributed by atoms with Gasteiger partial charge in [0.05, 0.1) is 28.0 Å². The Balaban J connectivity index is 2.21. The first-order valence-corrected chi connectivity index (χ1v) is 7.33. The molecule has 11 heteroatoms. The van der Waals surface area contributed by atoms with Gasteiger partial charge in [-0.05, 0) is 13.0 Å². The number of rotatable bonds is 3. The molecular formula is C15H10N6O5. The first kappa shape index (κ1) is 15.5. The summed E-state index contributed by atoms with van der Waals surface area (Å²) in [7, 11) is 0. The van der Waals surface area contributed by atoms with Gasteiger partial charge in [0.1, 0.15) is 5.69 Å². The number of aromatic amines is 1. The average Bonchev–Trinajstić information content (AvgIpc) is 3.22. The number of aryl methyl sites for hydroxylation is 1. The summed E-state index contributed by atoms with van der Waals surface area (Å²) in [5.41, 5.74) is -0.197. The fourth-order valence-electron chi connectivity index (χ4n) is 2.94. The molecule has 0 aliphatic heterocycles. The lowest BCUT2D eigenvalue weighted by Crippen LogP contribution is -2.12. The van der Waals surface area contributed by atoms with Gasteiger partial charge in [0.25, 0.3) is 11.2 Å². The molecule has 0 bridgehead atoms. The average molecular weight is 354 g/mol. The summed E-state index contributed by atoms with van der Waals surface area (Å²) in [5.74, 6) is -1.27. The van der Waals surface area contributed by atoms with Crippen LogP contribution >= 0.6 is 0 Å². The van der Waals surface area contributed by atoms with E-state index >= 15 is 0 Å². The fraction of sp³-hybridized carbons (Fsp3) is 0.0667. The van der Waals surface area contributed by atoms with E-state index in [1.165, 1.54) is 40.5 Å². The minimum atomic E-state index is -1.27. The number of H-pyrrole nitrogens is 1. The number of carbonyl (C=O) groups is 1. The molecule has 2 N–H and O–H groups in total. The largest absolute Gasteiger partial charge is 0.476 e. The molecule has 0 saturated heterocycles. The number of nitrogens with one attached hydrogen (secondary N) is 1. The highest BCUT2D eigenvalue weighted by atomic mass is 16.6. The number of benzene rings is 1. The molecule has 0 aliphatic carbocycles. The number of nitrogens with zero attached hydrogens (tertiary/aromatic N) is 5. The summed E-state index contributed by atoms with van der Waals surface area (Å²) >= 11 is 0. The van der Waals surface area contributed by atoms with Crippen LogP contribution in [0.5, 0.6) is 0 Å². The van der Waals surface area contributed by atoms with Crippen LogP contribution in [0.15, 0.2) is 35.6 Å². The van der Waals surface area contributed by atoms with Crippen LogP contribution in [0.3, 0.4) is 0 Å². The Morgan fingerprint density at radius 3 is 2.77 bits per heavy atom. The van der Waals surface area contributed by atoms with Crippen LogP contribution < -0.4 is 5.56 Å². The van der Waals surface area contributed by atoms with E-state index in [0.717, 1.165) is 0 Å². The lowest BCUT2D eigenvalue weighted by atomic mass is 10.2. The molecule has 0 spiro atoms.